The highest BCUT2D eigenvalue weighted by Crippen LogP contribution is 2.52. The van der Waals surface area contributed by atoms with Crippen LogP contribution in [0.4, 0.5) is 34.1 Å². The molecule has 6 aromatic rings. The van der Waals surface area contributed by atoms with Crippen LogP contribution in [0, 0.1) is 11.3 Å². The second-order valence-corrected chi connectivity index (χ2v) is 17.0. The topological polar surface area (TPSA) is 61.8 Å². The molecular formula is C54H57N5. The summed E-state index contributed by atoms with van der Waals surface area (Å²) in [4.78, 5) is 7.32. The lowest BCUT2D eigenvalue weighted by Gasteiger charge is -2.49. The van der Waals surface area contributed by atoms with Gasteiger partial charge in [-0.05, 0) is 113 Å². The molecule has 0 spiro atoms. The van der Waals surface area contributed by atoms with Gasteiger partial charge in [0.25, 0.3) is 0 Å². The molecule has 6 aromatic carbocycles. The number of allylic oxidation sites excluding steroid dienone is 1. The number of hydrogen-bond acceptors (Lipinski definition) is 5. The van der Waals surface area contributed by atoms with Gasteiger partial charge >= 0.3 is 0 Å². The first kappa shape index (κ1) is 39.5. The van der Waals surface area contributed by atoms with Gasteiger partial charge in [-0.2, -0.15) is 0 Å². The van der Waals surface area contributed by atoms with E-state index in [1.54, 1.807) is 0 Å². The zero-order valence-corrected chi connectivity index (χ0v) is 35.1. The first-order valence-electron chi connectivity index (χ1n) is 21.1. The Labute approximate surface area is 351 Å². The van der Waals surface area contributed by atoms with Crippen molar-refractivity contribution in [3.63, 3.8) is 0 Å². The van der Waals surface area contributed by atoms with Gasteiger partial charge in [-0.1, -0.05) is 137 Å². The Bertz CT molecular complexity index is 2370. The van der Waals surface area contributed by atoms with Crippen molar-refractivity contribution in [3.8, 4) is 0 Å². The predicted octanol–water partition coefficient (Wildman–Crippen LogP) is 13.1. The summed E-state index contributed by atoms with van der Waals surface area (Å²) in [5, 5.41) is 0. The van der Waals surface area contributed by atoms with Gasteiger partial charge in [0.1, 0.15) is 0 Å². The normalized spacial score (nSPS) is 17.2. The van der Waals surface area contributed by atoms with Crippen LogP contribution in [0.25, 0.3) is 11.1 Å². The summed E-state index contributed by atoms with van der Waals surface area (Å²) in [6, 6.07) is 60.3. The zero-order chi connectivity index (χ0) is 41.1. The Hall–Kier alpha value is -6.30. The van der Waals surface area contributed by atoms with Gasteiger partial charge in [-0.3, -0.25) is 4.90 Å². The quantitative estimate of drug-likeness (QED) is 0.137. The maximum Gasteiger partial charge on any atom is 0.0633 e. The second-order valence-electron chi connectivity index (χ2n) is 17.0. The Morgan fingerprint density at radius 2 is 0.898 bits per heavy atom. The molecule has 1 aliphatic carbocycles. The first-order valence-corrected chi connectivity index (χ1v) is 21.1. The van der Waals surface area contributed by atoms with Gasteiger partial charge in [-0.15, -0.1) is 0 Å². The summed E-state index contributed by atoms with van der Waals surface area (Å²) in [5.74, 6) is 0.0448. The molecule has 2 aliphatic rings. The Balaban J connectivity index is 1.27. The fraction of sp³-hybridized carbons (Fsp3) is 0.222. The van der Waals surface area contributed by atoms with Crippen LogP contribution in [-0.2, 0) is 0 Å². The lowest BCUT2D eigenvalue weighted by molar-refractivity contribution is 0.119. The minimum atomic E-state index is 0.0448. The van der Waals surface area contributed by atoms with Crippen LogP contribution in [0.2, 0.25) is 0 Å². The molecule has 2 atom stereocenters. The molecule has 5 nitrogen and oxygen atoms in total. The Morgan fingerprint density at radius 1 is 0.508 bits per heavy atom. The van der Waals surface area contributed by atoms with E-state index in [0.29, 0.717) is 11.4 Å². The average molecular weight is 776 g/mol. The molecule has 1 heterocycles. The smallest absolute Gasteiger partial charge is 0.0633 e. The fourth-order valence-corrected chi connectivity index (χ4v) is 9.33. The summed E-state index contributed by atoms with van der Waals surface area (Å²) < 4.78 is 0. The van der Waals surface area contributed by atoms with E-state index < -0.39 is 0 Å². The van der Waals surface area contributed by atoms with Crippen molar-refractivity contribution < 1.29 is 0 Å². The minimum absolute atomic E-state index is 0.0448. The van der Waals surface area contributed by atoms with Crippen molar-refractivity contribution in [1.82, 2.24) is 4.90 Å². The number of nitrogens with two attached hydrogens (primary N) is 2. The predicted molar refractivity (Wildman–Crippen MR) is 250 cm³/mol. The zero-order valence-electron chi connectivity index (χ0n) is 35.1. The van der Waals surface area contributed by atoms with Crippen molar-refractivity contribution in [3.05, 3.63) is 204 Å². The van der Waals surface area contributed by atoms with E-state index in [1.807, 2.05) is 0 Å². The van der Waals surface area contributed by atoms with Crippen LogP contribution in [0.5, 0.6) is 0 Å². The largest absolute Gasteiger partial charge is 0.397 e. The molecule has 0 saturated heterocycles. The van der Waals surface area contributed by atoms with Crippen LogP contribution < -0.4 is 21.3 Å². The molecule has 298 valence electrons. The highest BCUT2D eigenvalue weighted by Gasteiger charge is 2.44. The second kappa shape index (κ2) is 16.9. The number of para-hydroxylation sites is 4. The molecule has 0 amide bonds. The SMILES string of the molecule is CCC1=C2C(c3ccc(N(c4ccccc4)c4ccccc4)cc3)=C(N)C(N)=C(c3ccc(N(c4ccccc4)c4ccccc4)cc3)C2C(CC)N(CC(C)(C)C)C1. The molecule has 59 heavy (non-hydrogen) atoms. The summed E-state index contributed by atoms with van der Waals surface area (Å²) in [6.07, 6.45) is 1.92. The van der Waals surface area contributed by atoms with Gasteiger partial charge in [0, 0.05) is 64.7 Å². The molecular weight excluding hydrogens is 719 g/mol. The van der Waals surface area contributed by atoms with E-state index in [4.69, 9.17) is 11.5 Å². The number of benzene rings is 6. The number of fused-ring (bicyclic) bond motifs is 1. The van der Waals surface area contributed by atoms with E-state index in [0.717, 1.165) is 82.3 Å². The Kier molecular flexibility index (Phi) is 11.3. The molecule has 0 bridgehead atoms. The van der Waals surface area contributed by atoms with Crippen molar-refractivity contribution in [2.75, 3.05) is 22.9 Å². The fourth-order valence-electron chi connectivity index (χ4n) is 9.33. The van der Waals surface area contributed by atoms with Crippen LogP contribution in [0.3, 0.4) is 0 Å². The van der Waals surface area contributed by atoms with Gasteiger partial charge in [0.2, 0.25) is 0 Å². The van der Waals surface area contributed by atoms with Gasteiger partial charge < -0.3 is 21.3 Å². The number of nitrogens with zero attached hydrogens (tertiary/aromatic N) is 3. The highest BCUT2D eigenvalue weighted by molar-refractivity contribution is 5.96. The van der Waals surface area contributed by atoms with Crippen molar-refractivity contribution in [2.24, 2.45) is 22.8 Å². The van der Waals surface area contributed by atoms with Crippen LogP contribution >= 0.6 is 0 Å². The maximum absolute atomic E-state index is 7.41. The van der Waals surface area contributed by atoms with Crippen molar-refractivity contribution >= 4 is 45.3 Å². The third-order valence-electron chi connectivity index (χ3n) is 11.8. The van der Waals surface area contributed by atoms with E-state index >= 15 is 0 Å². The third-order valence-corrected chi connectivity index (χ3v) is 11.8. The molecule has 5 heteroatoms. The van der Waals surface area contributed by atoms with Crippen molar-refractivity contribution in [2.45, 2.75) is 53.5 Å². The molecule has 0 saturated carbocycles. The monoisotopic (exact) mass is 775 g/mol. The lowest BCUT2D eigenvalue weighted by Crippen LogP contribution is -2.51. The molecule has 8 rings (SSSR count). The molecule has 4 N–H and O–H groups in total. The van der Waals surface area contributed by atoms with Gasteiger partial charge in [0.05, 0.1) is 11.4 Å². The van der Waals surface area contributed by atoms with Gasteiger partial charge in [-0.25, -0.2) is 0 Å². The van der Waals surface area contributed by atoms with E-state index in [-0.39, 0.29) is 17.4 Å². The Morgan fingerprint density at radius 3 is 1.27 bits per heavy atom. The first-order chi connectivity index (χ1) is 28.7. The average Bonchev–Trinajstić information content (AvgIpc) is 3.26. The van der Waals surface area contributed by atoms with E-state index in [2.05, 4.69) is 219 Å². The van der Waals surface area contributed by atoms with Gasteiger partial charge in [0.15, 0.2) is 0 Å². The number of hydrogen-bond donors (Lipinski definition) is 2. The van der Waals surface area contributed by atoms with E-state index in [1.165, 1.54) is 11.1 Å². The van der Waals surface area contributed by atoms with E-state index in [9.17, 15) is 0 Å². The summed E-state index contributed by atoms with van der Waals surface area (Å²) in [7, 11) is 0. The number of rotatable bonds is 11. The molecule has 0 aromatic heterocycles. The molecule has 2 unspecified atom stereocenters. The third kappa shape index (κ3) is 7.96. The highest BCUT2D eigenvalue weighted by atomic mass is 15.2. The summed E-state index contributed by atoms with van der Waals surface area (Å²) in [6.45, 7) is 13.6. The van der Waals surface area contributed by atoms with Crippen LogP contribution in [0.1, 0.15) is 58.6 Å². The van der Waals surface area contributed by atoms with Crippen LogP contribution in [0.15, 0.2) is 192 Å². The standard InChI is InChI=1S/C54H57N5/c1-6-38-36-57(37-54(3,4)5)47(7-2)51-48(38)49(39-28-32-45(33-29-39)58(41-20-12-8-13-21-41)42-22-14-9-15-23-42)52(55)53(56)50(51)40-30-34-46(35-31-40)59(43-24-16-10-17-25-43)44-26-18-11-19-27-44/h8-35,47,51H,6-7,36-37,55-56H2,1-5H3. The summed E-state index contributed by atoms with van der Waals surface area (Å²) >= 11 is 0. The summed E-state index contributed by atoms with van der Waals surface area (Å²) in [5.41, 5.74) is 30.0. The lowest BCUT2D eigenvalue weighted by atomic mass is 9.67. The minimum Gasteiger partial charge on any atom is -0.397 e. The maximum atomic E-state index is 7.41. The molecule has 1 aliphatic heterocycles. The van der Waals surface area contributed by atoms with Crippen LogP contribution in [-0.4, -0.2) is 24.0 Å². The number of anilines is 6. The molecule has 0 fully saturated rings. The van der Waals surface area contributed by atoms with Crippen molar-refractivity contribution in [1.29, 1.82) is 0 Å². The molecule has 0 radical (unpaired) electrons.